The summed E-state index contributed by atoms with van der Waals surface area (Å²) >= 11 is 0. The first-order valence-electron chi connectivity index (χ1n) is 8.08. The summed E-state index contributed by atoms with van der Waals surface area (Å²) in [6.07, 6.45) is -0.528. The van der Waals surface area contributed by atoms with Gasteiger partial charge in [0.1, 0.15) is 5.75 Å². The fourth-order valence-corrected chi connectivity index (χ4v) is 2.74. The zero-order valence-corrected chi connectivity index (χ0v) is 14.0. The lowest BCUT2D eigenvalue weighted by atomic mass is 10.1. The first-order valence-corrected chi connectivity index (χ1v) is 8.08. The summed E-state index contributed by atoms with van der Waals surface area (Å²) in [4.78, 5) is 14.2. The summed E-state index contributed by atoms with van der Waals surface area (Å²) in [6, 6.07) is 23.9. The molecule has 0 spiro atoms. The Bertz CT molecular complexity index is 829. The topological polar surface area (TPSA) is 29.5 Å². The maximum Gasteiger partial charge on any atom is 0.263 e. The zero-order chi connectivity index (χ0) is 16.9. The summed E-state index contributed by atoms with van der Waals surface area (Å²) in [5, 5.41) is 2.26. The molecule has 0 radical (unpaired) electrons. The predicted octanol–water partition coefficient (Wildman–Crippen LogP) is 4.27. The highest BCUT2D eigenvalue weighted by molar-refractivity contribution is 5.84. The van der Waals surface area contributed by atoms with Gasteiger partial charge in [0.2, 0.25) is 0 Å². The molecule has 0 bridgehead atoms. The van der Waals surface area contributed by atoms with Crippen molar-refractivity contribution in [1.82, 2.24) is 4.90 Å². The van der Waals surface area contributed by atoms with Crippen molar-refractivity contribution < 1.29 is 9.53 Å². The molecule has 0 N–H and O–H groups in total. The Hall–Kier alpha value is -2.81. The van der Waals surface area contributed by atoms with Crippen LogP contribution >= 0.6 is 0 Å². The molecule has 0 aliphatic carbocycles. The minimum Gasteiger partial charge on any atom is -0.481 e. The van der Waals surface area contributed by atoms with Crippen LogP contribution in [0.25, 0.3) is 10.8 Å². The van der Waals surface area contributed by atoms with Gasteiger partial charge in [-0.15, -0.1) is 0 Å². The van der Waals surface area contributed by atoms with Crippen LogP contribution in [0.15, 0.2) is 72.8 Å². The van der Waals surface area contributed by atoms with Crippen molar-refractivity contribution in [2.75, 3.05) is 7.05 Å². The molecule has 0 aromatic heterocycles. The second kappa shape index (κ2) is 7.18. The lowest BCUT2D eigenvalue weighted by Crippen LogP contribution is -2.37. The number of carbonyl (C=O) groups is 1. The number of carbonyl (C=O) groups excluding carboxylic acids is 1. The molecule has 122 valence electrons. The number of amides is 1. The van der Waals surface area contributed by atoms with Gasteiger partial charge >= 0.3 is 0 Å². The molecule has 1 atom stereocenters. The van der Waals surface area contributed by atoms with Crippen molar-refractivity contribution in [2.24, 2.45) is 0 Å². The molecule has 0 saturated carbocycles. The number of fused-ring (bicyclic) bond motifs is 1. The van der Waals surface area contributed by atoms with Crippen molar-refractivity contribution in [2.45, 2.75) is 19.6 Å². The molecule has 0 aliphatic heterocycles. The van der Waals surface area contributed by atoms with Gasteiger partial charge in [-0.1, -0.05) is 60.7 Å². The number of rotatable bonds is 5. The zero-order valence-electron chi connectivity index (χ0n) is 14.0. The van der Waals surface area contributed by atoms with Crippen molar-refractivity contribution in [3.05, 3.63) is 78.4 Å². The van der Waals surface area contributed by atoms with Crippen LogP contribution in [0.1, 0.15) is 12.5 Å². The largest absolute Gasteiger partial charge is 0.481 e. The summed E-state index contributed by atoms with van der Waals surface area (Å²) in [5.41, 5.74) is 1.10. The van der Waals surface area contributed by atoms with Gasteiger partial charge in [0, 0.05) is 13.6 Å². The Morgan fingerprint density at radius 3 is 2.38 bits per heavy atom. The second-order valence-electron chi connectivity index (χ2n) is 5.95. The van der Waals surface area contributed by atoms with Crippen LogP contribution in [0.3, 0.4) is 0 Å². The molecule has 0 heterocycles. The number of nitrogens with zero attached hydrogens (tertiary/aromatic N) is 1. The van der Waals surface area contributed by atoms with E-state index in [2.05, 4.69) is 6.07 Å². The van der Waals surface area contributed by atoms with Crippen molar-refractivity contribution in [3.8, 4) is 5.75 Å². The molecule has 0 unspecified atom stereocenters. The van der Waals surface area contributed by atoms with Crippen LogP contribution in [0.4, 0.5) is 0 Å². The van der Waals surface area contributed by atoms with Crippen LogP contribution in [0.5, 0.6) is 5.75 Å². The summed E-state index contributed by atoms with van der Waals surface area (Å²) in [6.45, 7) is 2.37. The first-order chi connectivity index (χ1) is 11.6. The molecular formula is C21H21NO2. The molecule has 1 amide bonds. The van der Waals surface area contributed by atoms with Crippen LogP contribution in [-0.4, -0.2) is 24.0 Å². The smallest absolute Gasteiger partial charge is 0.263 e. The van der Waals surface area contributed by atoms with Crippen molar-refractivity contribution in [3.63, 3.8) is 0 Å². The molecule has 3 rings (SSSR count). The fourth-order valence-electron chi connectivity index (χ4n) is 2.74. The van der Waals surface area contributed by atoms with E-state index < -0.39 is 6.10 Å². The predicted molar refractivity (Wildman–Crippen MR) is 97.0 cm³/mol. The summed E-state index contributed by atoms with van der Waals surface area (Å²) in [5.74, 6) is 0.676. The van der Waals surface area contributed by atoms with E-state index in [1.807, 2.05) is 66.7 Å². The molecule has 24 heavy (non-hydrogen) atoms. The van der Waals surface area contributed by atoms with E-state index in [1.54, 1.807) is 18.9 Å². The third kappa shape index (κ3) is 3.74. The normalized spacial score (nSPS) is 11.9. The highest BCUT2D eigenvalue weighted by atomic mass is 16.5. The summed E-state index contributed by atoms with van der Waals surface area (Å²) in [7, 11) is 1.80. The Morgan fingerprint density at radius 1 is 0.958 bits per heavy atom. The third-order valence-electron chi connectivity index (χ3n) is 4.02. The fraction of sp³-hybridized carbons (Fsp3) is 0.190. The average molecular weight is 319 g/mol. The highest BCUT2D eigenvalue weighted by Crippen LogP contribution is 2.21. The lowest BCUT2D eigenvalue weighted by Gasteiger charge is -2.22. The van der Waals surface area contributed by atoms with Gasteiger partial charge in [-0.05, 0) is 35.4 Å². The van der Waals surface area contributed by atoms with Gasteiger partial charge in [-0.2, -0.15) is 0 Å². The van der Waals surface area contributed by atoms with Crippen LogP contribution in [0, 0.1) is 0 Å². The molecule has 0 saturated heterocycles. The third-order valence-corrected chi connectivity index (χ3v) is 4.02. The van der Waals surface area contributed by atoms with E-state index in [0.29, 0.717) is 12.3 Å². The Balaban J connectivity index is 1.66. The Morgan fingerprint density at radius 2 is 1.62 bits per heavy atom. The van der Waals surface area contributed by atoms with E-state index >= 15 is 0 Å². The van der Waals surface area contributed by atoms with E-state index in [4.69, 9.17) is 4.74 Å². The molecule has 3 aromatic carbocycles. The second-order valence-corrected chi connectivity index (χ2v) is 5.95. The van der Waals surface area contributed by atoms with Gasteiger partial charge in [-0.3, -0.25) is 4.79 Å². The maximum atomic E-state index is 12.5. The molecule has 0 aliphatic rings. The van der Waals surface area contributed by atoms with E-state index in [-0.39, 0.29) is 5.91 Å². The van der Waals surface area contributed by atoms with E-state index in [9.17, 15) is 4.79 Å². The van der Waals surface area contributed by atoms with Crippen LogP contribution in [0.2, 0.25) is 0 Å². The maximum absolute atomic E-state index is 12.5. The monoisotopic (exact) mass is 319 g/mol. The summed E-state index contributed by atoms with van der Waals surface area (Å²) < 4.78 is 5.85. The Labute approximate surface area is 142 Å². The van der Waals surface area contributed by atoms with Crippen LogP contribution in [-0.2, 0) is 11.3 Å². The number of likely N-dealkylation sites (N-methyl/N-ethyl adjacent to an activating group) is 1. The standard InChI is InChI=1S/C21H21NO2/c1-16(21(23)22(2)15-17-8-4-3-5-9-17)24-20-13-12-18-10-6-7-11-19(18)14-20/h3-14,16H,15H2,1-2H3/t16-/m1/s1. The van der Waals surface area contributed by atoms with Gasteiger partial charge < -0.3 is 9.64 Å². The van der Waals surface area contributed by atoms with E-state index in [0.717, 1.165) is 16.3 Å². The average Bonchev–Trinajstić information content (AvgIpc) is 2.61. The van der Waals surface area contributed by atoms with Crippen LogP contribution < -0.4 is 4.74 Å². The minimum atomic E-state index is -0.528. The lowest BCUT2D eigenvalue weighted by molar-refractivity contribution is -0.137. The first kappa shape index (κ1) is 16.1. The molecule has 3 nitrogen and oxygen atoms in total. The number of hydrogen-bond acceptors (Lipinski definition) is 2. The number of ether oxygens (including phenoxy) is 1. The number of benzene rings is 3. The molecule has 3 aromatic rings. The molecule has 0 fully saturated rings. The highest BCUT2D eigenvalue weighted by Gasteiger charge is 2.19. The minimum absolute atomic E-state index is 0.0352. The molecular weight excluding hydrogens is 298 g/mol. The van der Waals surface area contributed by atoms with Gasteiger partial charge in [0.25, 0.3) is 5.91 Å². The quantitative estimate of drug-likeness (QED) is 0.703. The van der Waals surface area contributed by atoms with Crippen molar-refractivity contribution >= 4 is 16.7 Å². The Kier molecular flexibility index (Phi) is 4.80. The molecule has 3 heteroatoms. The number of hydrogen-bond donors (Lipinski definition) is 0. The van der Waals surface area contributed by atoms with E-state index in [1.165, 1.54) is 0 Å². The van der Waals surface area contributed by atoms with Gasteiger partial charge in [0.05, 0.1) is 0 Å². The van der Waals surface area contributed by atoms with Gasteiger partial charge in [0.15, 0.2) is 6.10 Å². The van der Waals surface area contributed by atoms with Gasteiger partial charge in [-0.25, -0.2) is 0 Å². The van der Waals surface area contributed by atoms with Crippen molar-refractivity contribution in [1.29, 1.82) is 0 Å². The SMILES string of the molecule is C[C@@H](Oc1ccc2ccccc2c1)C(=O)N(C)Cc1ccccc1.